The molecule has 3 amide bonds. The number of carboxylic acids is 2. The van der Waals surface area contributed by atoms with Crippen molar-refractivity contribution in [1.82, 2.24) is 16.0 Å². The molecule has 31 heavy (non-hydrogen) atoms. The summed E-state index contributed by atoms with van der Waals surface area (Å²) in [4.78, 5) is 61.8. The maximum absolute atomic E-state index is 12.2. The number of hydrogen-bond donors (Lipinski definition) is 9. The van der Waals surface area contributed by atoms with E-state index in [9.17, 15) is 29.1 Å². The van der Waals surface area contributed by atoms with Gasteiger partial charge in [-0.1, -0.05) is 0 Å². The van der Waals surface area contributed by atoms with Crippen molar-refractivity contribution < 1.29 is 39.3 Å². The minimum atomic E-state index is -1.71. The van der Waals surface area contributed by atoms with E-state index in [1.165, 1.54) is 0 Å². The highest BCUT2D eigenvalue weighted by Crippen LogP contribution is 1.99. The number of nitrogens with one attached hydrogen (secondary N) is 3. The van der Waals surface area contributed by atoms with Crippen LogP contribution in [-0.2, 0) is 24.0 Å². The second-order valence-corrected chi connectivity index (χ2v) is 6.56. The molecule has 0 aliphatic carbocycles. The monoisotopic (exact) mass is 447 g/mol. The molecule has 0 bridgehead atoms. The first-order valence-corrected chi connectivity index (χ1v) is 9.16. The molecule has 4 atom stereocenters. The van der Waals surface area contributed by atoms with Crippen molar-refractivity contribution in [2.75, 3.05) is 13.1 Å². The molecule has 15 heteroatoms. The molecule has 0 saturated carbocycles. The fourth-order valence-electron chi connectivity index (χ4n) is 2.22. The molecule has 0 heterocycles. The summed E-state index contributed by atoms with van der Waals surface area (Å²) in [5.41, 5.74) is 16.0. The average molecular weight is 447 g/mol. The van der Waals surface area contributed by atoms with Crippen molar-refractivity contribution in [1.29, 1.82) is 0 Å². The molecule has 0 aromatic heterocycles. The summed E-state index contributed by atoms with van der Waals surface area (Å²) in [6.07, 6.45) is -1.70. The van der Waals surface area contributed by atoms with Crippen LogP contribution in [0.2, 0.25) is 0 Å². The molecular weight excluding hydrogens is 418 g/mol. The van der Waals surface area contributed by atoms with E-state index in [0.717, 1.165) is 6.92 Å². The number of carbonyl (C=O) groups excluding carboxylic acids is 3. The van der Waals surface area contributed by atoms with Gasteiger partial charge in [-0.2, -0.15) is 0 Å². The van der Waals surface area contributed by atoms with Gasteiger partial charge in [0.1, 0.15) is 6.04 Å². The normalized spacial score (nSPS) is 14.3. The van der Waals surface area contributed by atoms with Gasteiger partial charge < -0.3 is 48.5 Å². The maximum Gasteiger partial charge on any atom is 0.328 e. The number of guanidine groups is 1. The number of rotatable bonds is 14. The van der Waals surface area contributed by atoms with Gasteiger partial charge in [0.15, 0.2) is 12.0 Å². The SMILES string of the molecule is CC(O)[C@@H](NC(=O)[C@H](CC(=O)O)NC(=O)CNC(=O)[C@@H](N)CCCN=C(N)N)C(=O)O. The first-order chi connectivity index (χ1) is 14.3. The minimum absolute atomic E-state index is 0.0993. The van der Waals surface area contributed by atoms with Gasteiger partial charge in [0, 0.05) is 6.54 Å². The number of aliphatic hydroxyl groups excluding tert-OH is 1. The van der Waals surface area contributed by atoms with Crippen LogP contribution in [0.25, 0.3) is 0 Å². The third kappa shape index (κ3) is 12.0. The highest BCUT2D eigenvalue weighted by molar-refractivity contribution is 5.94. The Morgan fingerprint density at radius 3 is 2.13 bits per heavy atom. The molecule has 0 fully saturated rings. The van der Waals surface area contributed by atoms with Gasteiger partial charge in [0.2, 0.25) is 17.7 Å². The van der Waals surface area contributed by atoms with E-state index < -0.39 is 66.9 Å². The van der Waals surface area contributed by atoms with Gasteiger partial charge >= 0.3 is 11.9 Å². The number of carboxylic acid groups (broad SMARTS) is 2. The van der Waals surface area contributed by atoms with Crippen LogP contribution in [0.4, 0.5) is 0 Å². The van der Waals surface area contributed by atoms with E-state index in [0.29, 0.717) is 6.42 Å². The topological polar surface area (TPSA) is 273 Å². The number of nitrogens with zero attached hydrogens (tertiary/aromatic N) is 1. The summed E-state index contributed by atoms with van der Waals surface area (Å²) >= 11 is 0. The molecule has 1 unspecified atom stereocenters. The Hall–Kier alpha value is -3.46. The Morgan fingerprint density at radius 1 is 1.03 bits per heavy atom. The summed E-state index contributed by atoms with van der Waals surface area (Å²) in [6.45, 7) is 0.766. The summed E-state index contributed by atoms with van der Waals surface area (Å²) < 4.78 is 0. The molecule has 0 spiro atoms. The number of nitrogens with two attached hydrogens (primary N) is 3. The minimum Gasteiger partial charge on any atom is -0.481 e. The largest absolute Gasteiger partial charge is 0.481 e. The molecule has 176 valence electrons. The van der Waals surface area contributed by atoms with E-state index in [2.05, 4.69) is 15.6 Å². The third-order valence-electron chi connectivity index (χ3n) is 3.80. The summed E-state index contributed by atoms with van der Waals surface area (Å²) in [5.74, 6) is -5.81. The first-order valence-electron chi connectivity index (χ1n) is 9.16. The van der Waals surface area contributed by atoms with Crippen molar-refractivity contribution >= 4 is 35.6 Å². The van der Waals surface area contributed by atoms with E-state index in [1.54, 1.807) is 0 Å². The second kappa shape index (κ2) is 13.7. The van der Waals surface area contributed by atoms with Crippen LogP contribution in [0.5, 0.6) is 0 Å². The molecule has 0 aromatic rings. The quantitative estimate of drug-likeness (QED) is 0.0693. The Morgan fingerprint density at radius 2 is 1.65 bits per heavy atom. The lowest BCUT2D eigenvalue weighted by molar-refractivity contribution is -0.145. The number of aliphatic imine (C=N–C) groups is 1. The van der Waals surface area contributed by atoms with Crippen LogP contribution in [0.3, 0.4) is 0 Å². The van der Waals surface area contributed by atoms with Gasteiger partial charge in [-0.25, -0.2) is 4.79 Å². The zero-order chi connectivity index (χ0) is 24.1. The van der Waals surface area contributed by atoms with Crippen molar-refractivity contribution in [3.8, 4) is 0 Å². The van der Waals surface area contributed by atoms with Crippen molar-refractivity contribution in [3.05, 3.63) is 0 Å². The van der Waals surface area contributed by atoms with Crippen LogP contribution in [0, 0.1) is 0 Å². The maximum atomic E-state index is 12.2. The average Bonchev–Trinajstić information content (AvgIpc) is 2.65. The lowest BCUT2D eigenvalue weighted by Crippen LogP contribution is -2.56. The lowest BCUT2D eigenvalue weighted by Gasteiger charge is -2.22. The molecule has 12 N–H and O–H groups in total. The van der Waals surface area contributed by atoms with Crippen LogP contribution in [-0.4, -0.2) is 88.3 Å². The van der Waals surface area contributed by atoms with Gasteiger partial charge in [0.05, 0.1) is 25.1 Å². The van der Waals surface area contributed by atoms with Crippen LogP contribution < -0.4 is 33.2 Å². The fourth-order valence-corrected chi connectivity index (χ4v) is 2.22. The summed E-state index contributed by atoms with van der Waals surface area (Å²) in [6, 6.07) is -4.31. The lowest BCUT2D eigenvalue weighted by atomic mass is 10.1. The molecule has 0 radical (unpaired) electrons. The van der Waals surface area contributed by atoms with Crippen molar-refractivity contribution in [3.63, 3.8) is 0 Å². The van der Waals surface area contributed by atoms with E-state index in [1.807, 2.05) is 5.32 Å². The van der Waals surface area contributed by atoms with Gasteiger partial charge in [-0.3, -0.25) is 24.2 Å². The van der Waals surface area contributed by atoms with Crippen molar-refractivity contribution in [2.24, 2.45) is 22.2 Å². The summed E-state index contributed by atoms with van der Waals surface area (Å²) in [7, 11) is 0. The molecule has 0 rings (SSSR count). The number of carbonyl (C=O) groups is 5. The molecule has 0 aliphatic rings. The second-order valence-electron chi connectivity index (χ2n) is 6.56. The van der Waals surface area contributed by atoms with Crippen LogP contribution in [0.1, 0.15) is 26.2 Å². The number of amides is 3. The molecular formula is C16H29N7O8. The fraction of sp³-hybridized carbons (Fsp3) is 0.625. The predicted molar refractivity (Wildman–Crippen MR) is 106 cm³/mol. The zero-order valence-corrected chi connectivity index (χ0v) is 16.9. The third-order valence-corrected chi connectivity index (χ3v) is 3.80. The highest BCUT2D eigenvalue weighted by atomic mass is 16.4. The van der Waals surface area contributed by atoms with Crippen LogP contribution in [0.15, 0.2) is 4.99 Å². The molecule has 0 aliphatic heterocycles. The van der Waals surface area contributed by atoms with Gasteiger partial charge in [-0.05, 0) is 19.8 Å². The smallest absolute Gasteiger partial charge is 0.328 e. The predicted octanol–water partition coefficient (Wildman–Crippen LogP) is -4.61. The Balaban J connectivity index is 4.75. The number of aliphatic hydroxyl groups is 1. The highest BCUT2D eigenvalue weighted by Gasteiger charge is 2.30. The van der Waals surface area contributed by atoms with Gasteiger partial charge in [-0.15, -0.1) is 0 Å². The Bertz CT molecular complexity index is 693. The van der Waals surface area contributed by atoms with Gasteiger partial charge in [0.25, 0.3) is 0 Å². The first kappa shape index (κ1) is 27.5. The Labute approximate surface area is 177 Å². The molecule has 0 aromatic carbocycles. The standard InChI is InChI=1S/C16H29N7O8/c1-7(24)12(15(30)31)23-14(29)9(5-11(26)27)22-10(25)6-21-13(28)8(17)3-2-4-20-16(18)19/h7-9,12,24H,2-6,17H2,1H3,(H,21,28)(H,22,25)(H,23,29)(H,26,27)(H,30,31)(H4,18,19,20)/t7?,8-,9-,12+/m0/s1. The van der Waals surface area contributed by atoms with E-state index in [-0.39, 0.29) is 18.9 Å². The molecule has 0 saturated heterocycles. The van der Waals surface area contributed by atoms with Crippen LogP contribution >= 0.6 is 0 Å². The molecule has 15 nitrogen and oxygen atoms in total. The Kier molecular flexibility index (Phi) is 12.2. The van der Waals surface area contributed by atoms with E-state index in [4.69, 9.17) is 27.4 Å². The zero-order valence-electron chi connectivity index (χ0n) is 16.9. The number of hydrogen-bond acceptors (Lipinski definition) is 8. The number of aliphatic carboxylic acids is 2. The van der Waals surface area contributed by atoms with Crippen molar-refractivity contribution in [2.45, 2.75) is 50.4 Å². The van der Waals surface area contributed by atoms with E-state index >= 15 is 0 Å². The summed E-state index contributed by atoms with van der Waals surface area (Å²) in [5, 5.41) is 33.6.